The van der Waals surface area contributed by atoms with Gasteiger partial charge in [-0.25, -0.2) is 0 Å². The number of ether oxygens (including phenoxy) is 8. The van der Waals surface area contributed by atoms with Gasteiger partial charge in [0.15, 0.2) is 18.9 Å². The molecule has 0 bridgehead atoms. The van der Waals surface area contributed by atoms with Crippen molar-refractivity contribution in [2.75, 3.05) is 58.2 Å². The highest BCUT2D eigenvalue weighted by Gasteiger charge is 2.20. The molecule has 3 aliphatic heterocycles. The van der Waals surface area contributed by atoms with E-state index in [1.807, 2.05) is 12.1 Å². The maximum Gasteiger partial charge on any atom is 0.184 e. The monoisotopic (exact) mass is 1220 g/mol. The average molecular weight is 1230 g/mol. The lowest BCUT2D eigenvalue weighted by Crippen LogP contribution is -2.02. The zero-order chi connectivity index (χ0) is 46.5. The number of unbranched alkanes of at least 4 members (excludes halogenated alkanes) is 3. The van der Waals surface area contributed by atoms with Crippen LogP contribution in [0.1, 0.15) is 90.8 Å². The first-order valence-corrected chi connectivity index (χ1v) is 26.6. The molecule has 5 aromatic carbocycles. The van der Waals surface area contributed by atoms with Crippen LogP contribution in [0.3, 0.4) is 0 Å². The largest absolute Gasteiger partial charge is 0.507 e. The fourth-order valence-electron chi connectivity index (χ4n) is 7.25. The highest BCUT2D eigenvalue weighted by Crippen LogP contribution is 2.37. The lowest BCUT2D eigenvalue weighted by molar-refractivity contribution is -0.0443. The molecular formula is C51H57Br5O10. The minimum Gasteiger partial charge on any atom is -0.507 e. The summed E-state index contributed by atoms with van der Waals surface area (Å²) in [6.07, 6.45) is 9.00. The highest BCUT2D eigenvalue weighted by molar-refractivity contribution is 9.11. The van der Waals surface area contributed by atoms with Crippen molar-refractivity contribution < 1.29 is 48.1 Å². The number of hydrogen-bond donors (Lipinski definition) is 2. The molecule has 3 aliphatic rings. The fourth-order valence-corrected chi connectivity index (χ4v) is 9.18. The molecule has 5 aromatic rings. The molecule has 66 heavy (non-hydrogen) atoms. The van der Waals surface area contributed by atoms with E-state index in [-0.39, 0.29) is 30.4 Å². The second-order valence-corrected chi connectivity index (χ2v) is 19.9. The van der Waals surface area contributed by atoms with Crippen molar-refractivity contribution in [2.24, 2.45) is 0 Å². The molecule has 0 saturated carbocycles. The topological polar surface area (TPSA) is 114 Å². The number of hydrogen-bond acceptors (Lipinski definition) is 10. The summed E-state index contributed by atoms with van der Waals surface area (Å²) in [6, 6.07) is 32.3. The van der Waals surface area contributed by atoms with E-state index in [0.717, 1.165) is 87.4 Å². The van der Waals surface area contributed by atoms with E-state index in [0.29, 0.717) is 61.8 Å². The third kappa shape index (κ3) is 17.5. The summed E-state index contributed by atoms with van der Waals surface area (Å²) in [5.74, 6) is 1.83. The Morgan fingerprint density at radius 3 is 1.09 bits per heavy atom. The molecule has 10 nitrogen and oxygen atoms in total. The lowest BCUT2D eigenvalue weighted by atomic mass is 10.1. The average Bonchev–Trinajstić information content (AvgIpc) is 4.17. The molecule has 356 valence electrons. The van der Waals surface area contributed by atoms with Crippen molar-refractivity contribution in [3.63, 3.8) is 0 Å². The fraction of sp³-hybridized carbons (Fsp3) is 0.412. The van der Waals surface area contributed by atoms with Crippen LogP contribution in [0, 0.1) is 0 Å². The number of halogens is 5. The molecule has 0 radical (unpaired) electrons. The molecule has 0 aliphatic carbocycles. The van der Waals surface area contributed by atoms with E-state index in [9.17, 15) is 0 Å². The van der Waals surface area contributed by atoms with Crippen LogP contribution in [0.2, 0.25) is 0 Å². The van der Waals surface area contributed by atoms with E-state index >= 15 is 0 Å². The molecule has 8 rings (SSSR count). The van der Waals surface area contributed by atoms with Crippen molar-refractivity contribution in [1.29, 1.82) is 0 Å². The molecule has 3 heterocycles. The Balaban J connectivity index is 0.000000224. The van der Waals surface area contributed by atoms with Crippen LogP contribution < -0.4 is 9.47 Å². The third-order valence-electron chi connectivity index (χ3n) is 10.6. The molecule has 0 atom stereocenters. The molecule has 0 aromatic heterocycles. The van der Waals surface area contributed by atoms with Crippen molar-refractivity contribution in [1.82, 2.24) is 0 Å². The Morgan fingerprint density at radius 2 is 0.758 bits per heavy atom. The van der Waals surface area contributed by atoms with E-state index < -0.39 is 0 Å². The number of alkyl halides is 1. The summed E-state index contributed by atoms with van der Waals surface area (Å²) >= 11 is 16.8. The number of aryl methyl sites for hydroxylation is 3. The maximum absolute atomic E-state index is 9.04. The summed E-state index contributed by atoms with van der Waals surface area (Å²) < 4.78 is 48.3. The first kappa shape index (κ1) is 52.8. The molecule has 3 saturated heterocycles. The predicted octanol–water partition coefficient (Wildman–Crippen LogP) is 14.2. The van der Waals surface area contributed by atoms with Crippen molar-refractivity contribution in [3.8, 4) is 23.0 Å². The predicted molar refractivity (Wildman–Crippen MR) is 274 cm³/mol. The molecule has 0 amide bonds. The maximum atomic E-state index is 9.04. The molecule has 0 spiro atoms. The van der Waals surface area contributed by atoms with Gasteiger partial charge in [0.2, 0.25) is 0 Å². The van der Waals surface area contributed by atoms with Crippen LogP contribution in [-0.2, 0) is 47.7 Å². The van der Waals surface area contributed by atoms with Gasteiger partial charge in [-0.05, 0) is 162 Å². The van der Waals surface area contributed by atoms with E-state index in [2.05, 4.69) is 152 Å². The molecule has 15 heteroatoms. The number of phenolic OH excluding ortho intramolecular Hbond substituents is 2. The number of benzene rings is 5. The number of rotatable bonds is 19. The van der Waals surface area contributed by atoms with Crippen LogP contribution >= 0.6 is 79.6 Å². The Bertz CT molecular complexity index is 2080. The summed E-state index contributed by atoms with van der Waals surface area (Å²) in [4.78, 5) is 0. The van der Waals surface area contributed by atoms with Gasteiger partial charge in [-0.1, -0.05) is 88.7 Å². The van der Waals surface area contributed by atoms with Crippen LogP contribution in [0.15, 0.2) is 115 Å². The highest BCUT2D eigenvalue weighted by atomic mass is 79.9. The summed E-state index contributed by atoms with van der Waals surface area (Å²) in [6.45, 7) is 5.36. The zero-order valence-corrected chi connectivity index (χ0v) is 44.7. The van der Waals surface area contributed by atoms with Gasteiger partial charge in [-0.15, -0.1) is 0 Å². The summed E-state index contributed by atoms with van der Waals surface area (Å²) in [5.41, 5.74) is 7.30. The first-order chi connectivity index (χ1) is 32.2. The molecule has 0 unspecified atom stereocenters. The van der Waals surface area contributed by atoms with Gasteiger partial charge in [-0.3, -0.25) is 0 Å². The van der Waals surface area contributed by atoms with E-state index in [1.54, 1.807) is 0 Å². The lowest BCUT2D eigenvalue weighted by Gasteiger charge is -2.14. The summed E-state index contributed by atoms with van der Waals surface area (Å²) in [7, 11) is 0. The second-order valence-electron chi connectivity index (χ2n) is 15.7. The molecule has 3 fully saturated rings. The van der Waals surface area contributed by atoms with Crippen molar-refractivity contribution in [3.05, 3.63) is 148 Å². The Hall–Kier alpha value is -2.54. The van der Waals surface area contributed by atoms with Gasteiger partial charge in [0, 0.05) is 22.0 Å². The van der Waals surface area contributed by atoms with Crippen molar-refractivity contribution >= 4 is 79.6 Å². The smallest absolute Gasteiger partial charge is 0.184 e. The Labute approximate surface area is 430 Å². The quantitative estimate of drug-likeness (QED) is 0.0471. The van der Waals surface area contributed by atoms with Crippen molar-refractivity contribution in [2.45, 2.75) is 76.7 Å². The van der Waals surface area contributed by atoms with Gasteiger partial charge >= 0.3 is 0 Å². The third-order valence-corrected chi connectivity index (χ3v) is 13.7. The van der Waals surface area contributed by atoms with Gasteiger partial charge in [-0.2, -0.15) is 0 Å². The van der Waals surface area contributed by atoms with E-state index in [1.165, 1.54) is 41.7 Å². The second kappa shape index (κ2) is 28.8. The van der Waals surface area contributed by atoms with Gasteiger partial charge < -0.3 is 48.1 Å². The Morgan fingerprint density at radius 1 is 0.424 bits per heavy atom. The van der Waals surface area contributed by atoms with Crippen LogP contribution in [0.25, 0.3) is 0 Å². The minimum atomic E-state index is -0.221. The number of phenols is 2. The standard InChI is InChI=1S/C32H36Br2O6.C13H17BrO2.C6H4Br2O2/c33-27-22-30(36-14-4-2-8-24-10-6-12-26(20-24)32-39-17-18-40-32)28(34)21-29(27)35-13-3-1-7-23-9-5-11-25(19-23)31-37-15-16-38-31;14-7-2-1-4-11-5-3-6-12(10-11)13-15-8-9-16-13;7-3-1-5(9)4(8)2-6(3)10/h5-6,9-12,19-22,31-32H,1-4,7-8,13-18H2;3,5-6,10,13H,1-2,4,7-9H2;1-2,9-10H. The van der Waals surface area contributed by atoms with Crippen LogP contribution in [0.5, 0.6) is 23.0 Å². The number of aromatic hydroxyl groups is 2. The normalized spacial score (nSPS) is 15.3. The van der Waals surface area contributed by atoms with Gasteiger partial charge in [0.1, 0.15) is 23.0 Å². The summed E-state index contributed by atoms with van der Waals surface area (Å²) in [5, 5.41) is 19.2. The molecular weight excluding hydrogens is 1170 g/mol. The van der Waals surface area contributed by atoms with E-state index in [4.69, 9.17) is 48.1 Å². The van der Waals surface area contributed by atoms with Gasteiger partial charge in [0.25, 0.3) is 0 Å². The van der Waals surface area contributed by atoms with Gasteiger partial charge in [0.05, 0.1) is 70.7 Å². The minimum absolute atomic E-state index is 0.102. The molecule has 2 N–H and O–H groups in total. The van der Waals surface area contributed by atoms with Crippen LogP contribution in [0.4, 0.5) is 0 Å². The first-order valence-electron chi connectivity index (χ1n) is 22.3. The Kier molecular flexibility index (Phi) is 23.1. The SMILES string of the molecule is BrCCCCc1cccc(C2OCCO2)c1.Brc1cc(OCCCCc2cccc(C3OCCO3)c2)c(Br)cc1OCCCCc1cccc(C2OCCO2)c1.Oc1cc(Br)c(O)cc1Br. The van der Waals surface area contributed by atoms with Crippen LogP contribution in [-0.4, -0.2) is 68.4 Å². The zero-order valence-electron chi connectivity index (χ0n) is 36.7.